The fraction of sp³-hybridized carbons (Fsp3) is 0.300. The lowest BCUT2D eigenvalue weighted by molar-refractivity contribution is -0.140. The minimum Gasteiger partial charge on any atom is -0.508 e. The molecule has 2 rings (SSSR count). The molecule has 0 aliphatic rings. The van der Waals surface area contributed by atoms with Gasteiger partial charge in [-0.3, -0.25) is 10.1 Å². The summed E-state index contributed by atoms with van der Waals surface area (Å²) < 4.78 is 10.6. The number of ether oxygens (including phenoxy) is 2. The van der Waals surface area contributed by atoms with Crippen molar-refractivity contribution in [2.45, 2.75) is 25.9 Å². The lowest BCUT2D eigenvalue weighted by Crippen LogP contribution is -2.18. The molecule has 6 nitrogen and oxygen atoms in total. The molecule has 2 aromatic rings. The highest BCUT2D eigenvalue weighted by atomic mass is 32.1. The number of phenolic OH excluding ortho intramolecular Hbond substituents is 1. The SMILES string of the molecule is Cc1ccc(NC(=O)O[C@@H](CCCOC(=O)CS)c2ccc(O)cc2)cc1. The van der Waals surface area contributed by atoms with Crippen molar-refractivity contribution in [1.29, 1.82) is 0 Å². The Morgan fingerprint density at radius 1 is 1.11 bits per heavy atom. The first-order valence-corrected chi connectivity index (χ1v) is 9.21. The smallest absolute Gasteiger partial charge is 0.412 e. The van der Waals surface area contributed by atoms with Crippen LogP contribution >= 0.6 is 12.6 Å². The molecule has 0 fully saturated rings. The third kappa shape index (κ3) is 7.22. The fourth-order valence-corrected chi connectivity index (χ4v) is 2.49. The fourth-order valence-electron chi connectivity index (χ4n) is 2.40. The number of hydrogen-bond acceptors (Lipinski definition) is 6. The molecule has 0 unspecified atom stereocenters. The molecular formula is C20H23NO5S. The van der Waals surface area contributed by atoms with E-state index in [-0.39, 0.29) is 18.1 Å². The number of nitrogens with one attached hydrogen (secondary N) is 1. The molecule has 0 heterocycles. The van der Waals surface area contributed by atoms with E-state index in [1.54, 1.807) is 24.3 Å². The maximum atomic E-state index is 12.3. The highest BCUT2D eigenvalue weighted by molar-refractivity contribution is 7.81. The van der Waals surface area contributed by atoms with Gasteiger partial charge in [0.15, 0.2) is 0 Å². The first kappa shape index (κ1) is 20.6. The summed E-state index contributed by atoms with van der Waals surface area (Å²) in [5, 5.41) is 12.1. The number of anilines is 1. The molecule has 0 aliphatic carbocycles. The number of aromatic hydroxyl groups is 1. The first-order chi connectivity index (χ1) is 13.0. The van der Waals surface area contributed by atoms with E-state index in [1.807, 2.05) is 19.1 Å². The van der Waals surface area contributed by atoms with Gasteiger partial charge in [-0.05, 0) is 49.6 Å². The van der Waals surface area contributed by atoms with Gasteiger partial charge < -0.3 is 14.6 Å². The van der Waals surface area contributed by atoms with Crippen molar-refractivity contribution in [2.24, 2.45) is 0 Å². The summed E-state index contributed by atoms with van der Waals surface area (Å²) in [6.45, 7) is 2.18. The minimum atomic E-state index is -0.579. The maximum Gasteiger partial charge on any atom is 0.412 e. The molecule has 0 aliphatic heterocycles. The van der Waals surface area contributed by atoms with Crippen molar-refractivity contribution in [1.82, 2.24) is 0 Å². The molecule has 0 radical (unpaired) electrons. The van der Waals surface area contributed by atoms with Gasteiger partial charge in [0.2, 0.25) is 0 Å². The number of carbonyl (C=O) groups is 2. The van der Waals surface area contributed by atoms with Crippen molar-refractivity contribution < 1.29 is 24.2 Å². The number of rotatable bonds is 8. The maximum absolute atomic E-state index is 12.3. The molecule has 0 spiro atoms. The van der Waals surface area contributed by atoms with E-state index < -0.39 is 18.2 Å². The Balaban J connectivity index is 1.97. The molecule has 144 valence electrons. The minimum absolute atomic E-state index is 0.0246. The zero-order chi connectivity index (χ0) is 19.6. The number of thiol groups is 1. The predicted octanol–water partition coefficient (Wildman–Crippen LogP) is 4.24. The van der Waals surface area contributed by atoms with Gasteiger partial charge in [-0.1, -0.05) is 29.8 Å². The summed E-state index contributed by atoms with van der Waals surface area (Å²) >= 11 is 3.85. The number of aryl methyl sites for hydroxylation is 1. The van der Waals surface area contributed by atoms with Crippen LogP contribution in [0.3, 0.4) is 0 Å². The van der Waals surface area contributed by atoms with Gasteiger partial charge in [-0.25, -0.2) is 4.79 Å². The van der Waals surface area contributed by atoms with Crippen molar-refractivity contribution in [3.8, 4) is 5.75 Å². The normalized spacial score (nSPS) is 11.5. The van der Waals surface area contributed by atoms with Crippen LogP contribution in [-0.4, -0.2) is 29.5 Å². The number of esters is 1. The van der Waals surface area contributed by atoms with Crippen molar-refractivity contribution in [3.63, 3.8) is 0 Å². The van der Waals surface area contributed by atoms with E-state index in [4.69, 9.17) is 9.47 Å². The van der Waals surface area contributed by atoms with E-state index in [1.165, 1.54) is 12.1 Å². The molecule has 1 atom stereocenters. The van der Waals surface area contributed by atoms with Crippen LogP contribution in [0.25, 0.3) is 0 Å². The molecule has 7 heteroatoms. The Hall–Kier alpha value is -2.67. The number of amides is 1. The number of phenols is 1. The molecule has 0 bridgehead atoms. The second-order valence-corrected chi connectivity index (χ2v) is 6.31. The Kier molecular flexibility index (Phi) is 8.00. The van der Waals surface area contributed by atoms with Gasteiger partial charge in [0, 0.05) is 5.69 Å². The summed E-state index contributed by atoms with van der Waals surface area (Å²) in [4.78, 5) is 23.4. The summed E-state index contributed by atoms with van der Waals surface area (Å²) in [5.74, 6) is -0.238. The third-order valence-corrected chi connectivity index (χ3v) is 4.07. The zero-order valence-corrected chi connectivity index (χ0v) is 15.9. The highest BCUT2D eigenvalue weighted by Gasteiger charge is 2.17. The van der Waals surface area contributed by atoms with Gasteiger partial charge in [0.1, 0.15) is 11.9 Å². The van der Waals surface area contributed by atoms with Crippen LogP contribution in [-0.2, 0) is 14.3 Å². The molecule has 1 amide bonds. The van der Waals surface area contributed by atoms with Crippen LogP contribution in [0.2, 0.25) is 0 Å². The molecule has 0 saturated carbocycles. The second kappa shape index (κ2) is 10.5. The van der Waals surface area contributed by atoms with Gasteiger partial charge in [0.05, 0.1) is 12.4 Å². The topological polar surface area (TPSA) is 84.9 Å². The first-order valence-electron chi connectivity index (χ1n) is 8.57. The van der Waals surface area contributed by atoms with Gasteiger partial charge in [-0.15, -0.1) is 0 Å². The van der Waals surface area contributed by atoms with E-state index in [0.29, 0.717) is 18.5 Å². The standard InChI is InChI=1S/C20H23NO5S/c1-14-4-8-16(9-5-14)21-20(24)26-18(3-2-12-25-19(23)13-27)15-6-10-17(22)11-7-15/h4-11,18,22,27H,2-3,12-13H2,1H3,(H,21,24)/t18-/m0/s1. The molecular weight excluding hydrogens is 366 g/mol. The monoisotopic (exact) mass is 389 g/mol. The summed E-state index contributed by atoms with van der Waals surface area (Å²) in [7, 11) is 0. The van der Waals surface area contributed by atoms with Crippen LogP contribution in [0.15, 0.2) is 48.5 Å². The van der Waals surface area contributed by atoms with Crippen molar-refractivity contribution >= 4 is 30.4 Å². The zero-order valence-electron chi connectivity index (χ0n) is 15.1. The Morgan fingerprint density at radius 2 is 1.78 bits per heavy atom. The summed E-state index contributed by atoms with van der Waals surface area (Å²) in [5.41, 5.74) is 2.47. The average Bonchev–Trinajstić information content (AvgIpc) is 2.66. The third-order valence-electron chi connectivity index (χ3n) is 3.81. The quantitative estimate of drug-likeness (QED) is 0.357. The predicted molar refractivity (Wildman–Crippen MR) is 106 cm³/mol. The number of hydrogen-bond donors (Lipinski definition) is 3. The Bertz CT molecular complexity index is 746. The number of carbonyl (C=O) groups excluding carboxylic acids is 2. The largest absolute Gasteiger partial charge is 0.508 e. The molecule has 27 heavy (non-hydrogen) atoms. The van der Waals surface area contributed by atoms with Crippen LogP contribution in [0, 0.1) is 6.92 Å². The molecule has 2 N–H and O–H groups in total. The van der Waals surface area contributed by atoms with Gasteiger partial charge in [0.25, 0.3) is 0 Å². The van der Waals surface area contributed by atoms with Gasteiger partial charge >= 0.3 is 12.1 Å². The molecule has 0 saturated heterocycles. The van der Waals surface area contributed by atoms with Gasteiger partial charge in [-0.2, -0.15) is 12.6 Å². The van der Waals surface area contributed by atoms with E-state index >= 15 is 0 Å². The van der Waals surface area contributed by atoms with Crippen molar-refractivity contribution in [3.05, 3.63) is 59.7 Å². The lowest BCUT2D eigenvalue weighted by atomic mass is 10.0. The van der Waals surface area contributed by atoms with E-state index in [2.05, 4.69) is 17.9 Å². The number of benzene rings is 2. The van der Waals surface area contributed by atoms with Crippen LogP contribution < -0.4 is 5.32 Å². The van der Waals surface area contributed by atoms with E-state index in [9.17, 15) is 14.7 Å². The average molecular weight is 389 g/mol. The Labute approximate surface area is 163 Å². The van der Waals surface area contributed by atoms with Crippen molar-refractivity contribution in [2.75, 3.05) is 17.7 Å². The highest BCUT2D eigenvalue weighted by Crippen LogP contribution is 2.25. The lowest BCUT2D eigenvalue weighted by Gasteiger charge is -2.19. The Morgan fingerprint density at radius 3 is 2.41 bits per heavy atom. The molecule has 2 aromatic carbocycles. The second-order valence-electron chi connectivity index (χ2n) is 6.00. The van der Waals surface area contributed by atoms with Crippen LogP contribution in [0.5, 0.6) is 5.75 Å². The summed E-state index contributed by atoms with van der Waals surface area (Å²) in [6, 6.07) is 13.8. The van der Waals surface area contributed by atoms with E-state index in [0.717, 1.165) is 11.1 Å². The van der Waals surface area contributed by atoms with Crippen LogP contribution in [0.1, 0.15) is 30.1 Å². The molecule has 0 aromatic heterocycles. The summed E-state index contributed by atoms with van der Waals surface area (Å²) in [6.07, 6.45) is -0.135. The van der Waals surface area contributed by atoms with Crippen LogP contribution in [0.4, 0.5) is 10.5 Å².